The Labute approximate surface area is 222 Å². The van der Waals surface area contributed by atoms with Gasteiger partial charge in [-0.1, -0.05) is 50.3 Å². The molecule has 0 atom stereocenters. The molecule has 2 aromatic rings. The van der Waals surface area contributed by atoms with Crippen LogP contribution in [0.5, 0.6) is 0 Å². The number of aromatic nitrogens is 2. The van der Waals surface area contributed by atoms with Gasteiger partial charge in [-0.15, -0.1) is 0 Å². The van der Waals surface area contributed by atoms with E-state index in [1.165, 1.54) is 5.70 Å². The first-order valence-corrected chi connectivity index (χ1v) is 13.2. The number of benzene rings is 1. The largest absolute Gasteiger partial charge is 0.377 e. The molecular formula is C31H39N5O. The summed E-state index contributed by atoms with van der Waals surface area (Å²) >= 11 is 0. The fourth-order valence-corrected chi connectivity index (χ4v) is 5.14. The molecule has 3 aliphatic carbocycles. The van der Waals surface area contributed by atoms with E-state index in [1.807, 2.05) is 12.3 Å². The molecule has 0 fully saturated rings. The lowest BCUT2D eigenvalue weighted by Crippen LogP contribution is -2.29. The first-order chi connectivity index (χ1) is 17.7. The Morgan fingerprint density at radius 3 is 2.76 bits per heavy atom. The molecule has 1 aromatic heterocycles. The third-order valence-corrected chi connectivity index (χ3v) is 7.37. The summed E-state index contributed by atoms with van der Waals surface area (Å²) in [7, 11) is 6.37. The summed E-state index contributed by atoms with van der Waals surface area (Å²) in [5.74, 6) is 0.834. The Morgan fingerprint density at radius 2 is 1.95 bits per heavy atom. The molecule has 0 bridgehead atoms. The van der Waals surface area contributed by atoms with E-state index in [0.29, 0.717) is 12.4 Å². The molecule has 0 radical (unpaired) electrons. The van der Waals surface area contributed by atoms with Crippen LogP contribution < -0.4 is 5.32 Å². The predicted octanol–water partition coefficient (Wildman–Crippen LogP) is 5.80. The minimum Gasteiger partial charge on any atom is -0.377 e. The lowest BCUT2D eigenvalue weighted by molar-refractivity contribution is 0.0951. The number of rotatable bonds is 7. The van der Waals surface area contributed by atoms with Gasteiger partial charge in [-0.3, -0.25) is 4.79 Å². The molecule has 6 nitrogen and oxygen atoms in total. The summed E-state index contributed by atoms with van der Waals surface area (Å²) in [5, 5.41) is 3.43. The van der Waals surface area contributed by atoms with Crippen LogP contribution >= 0.6 is 0 Å². The van der Waals surface area contributed by atoms with Crippen LogP contribution in [0.2, 0.25) is 0 Å². The van der Waals surface area contributed by atoms with Crippen molar-refractivity contribution in [2.75, 3.05) is 39.5 Å². The van der Waals surface area contributed by atoms with E-state index in [2.05, 4.69) is 97.6 Å². The van der Waals surface area contributed by atoms with Gasteiger partial charge >= 0.3 is 0 Å². The Balaban J connectivity index is 0.00000336. The van der Waals surface area contributed by atoms with E-state index < -0.39 is 0 Å². The number of carbonyl (C=O) groups excluding carboxylic acids is 1. The molecular weight excluding hydrogens is 458 g/mol. The summed E-state index contributed by atoms with van der Waals surface area (Å²) in [6.45, 7) is 6.24. The first kappa shape index (κ1) is 25.2. The number of likely N-dealkylation sites (N-methyl/N-ethyl adjacent to an activating group) is 2. The minimum absolute atomic E-state index is 0. The van der Waals surface area contributed by atoms with Gasteiger partial charge in [0, 0.05) is 63.1 Å². The number of allylic oxidation sites excluding steroid dienone is 5. The molecule has 0 saturated heterocycles. The van der Waals surface area contributed by atoms with E-state index in [-0.39, 0.29) is 12.6 Å². The zero-order valence-corrected chi connectivity index (χ0v) is 22.6. The van der Waals surface area contributed by atoms with E-state index >= 15 is 0 Å². The van der Waals surface area contributed by atoms with E-state index in [9.17, 15) is 4.79 Å². The van der Waals surface area contributed by atoms with Crippen molar-refractivity contribution in [3.63, 3.8) is 0 Å². The molecule has 194 valence electrons. The monoisotopic (exact) mass is 497 g/mol. The predicted molar refractivity (Wildman–Crippen MR) is 153 cm³/mol. The van der Waals surface area contributed by atoms with Gasteiger partial charge < -0.3 is 15.1 Å². The van der Waals surface area contributed by atoms with Crippen molar-refractivity contribution in [2.45, 2.75) is 39.5 Å². The maximum Gasteiger partial charge on any atom is 0.227 e. The number of carbonyl (C=O) groups is 1. The standard InChI is InChI=1S/C31H37N5O.H2/c1-31(2)14-13-22-17-21(9-10-26(22)29(37)19-31)25-11-12-28-27(25)20-32-30(34-28)33-23-7-6-8-24(18-23)36(5)16-15-35(3)4;/h7,9-11,13-14,17-18,20H,6,8,12,15-16,19H2,1-5H3,(H,32,33,34);1H. The molecule has 0 saturated carbocycles. The third kappa shape index (κ3) is 5.59. The normalized spacial score (nSPS) is 18.0. The molecule has 1 aromatic carbocycles. The fraction of sp³-hybridized carbons (Fsp3) is 0.387. The maximum atomic E-state index is 12.8. The summed E-state index contributed by atoms with van der Waals surface area (Å²) in [6, 6.07) is 6.16. The van der Waals surface area contributed by atoms with Gasteiger partial charge in [0.25, 0.3) is 0 Å². The van der Waals surface area contributed by atoms with Crippen LogP contribution in [0.4, 0.5) is 5.95 Å². The lowest BCUT2D eigenvalue weighted by Gasteiger charge is -2.26. The molecule has 0 amide bonds. The van der Waals surface area contributed by atoms with Crippen molar-refractivity contribution in [1.29, 1.82) is 0 Å². The maximum absolute atomic E-state index is 12.8. The lowest BCUT2D eigenvalue weighted by atomic mass is 9.87. The van der Waals surface area contributed by atoms with Crippen molar-refractivity contribution >= 4 is 23.4 Å². The van der Waals surface area contributed by atoms with E-state index in [4.69, 9.17) is 4.98 Å². The van der Waals surface area contributed by atoms with Gasteiger partial charge in [0.1, 0.15) is 0 Å². The van der Waals surface area contributed by atoms with Crippen molar-refractivity contribution < 1.29 is 6.22 Å². The summed E-state index contributed by atoms with van der Waals surface area (Å²) in [4.78, 5) is 26.8. The summed E-state index contributed by atoms with van der Waals surface area (Å²) < 4.78 is 0. The molecule has 0 unspecified atom stereocenters. The molecule has 0 spiro atoms. The molecule has 1 heterocycles. The second kappa shape index (κ2) is 10.1. The fourth-order valence-electron chi connectivity index (χ4n) is 5.14. The van der Waals surface area contributed by atoms with Gasteiger partial charge in [0.05, 0.1) is 5.69 Å². The van der Waals surface area contributed by atoms with Gasteiger partial charge in [-0.05, 0) is 61.2 Å². The van der Waals surface area contributed by atoms with Gasteiger partial charge in [0.15, 0.2) is 5.78 Å². The second-order valence-corrected chi connectivity index (χ2v) is 11.3. The second-order valence-electron chi connectivity index (χ2n) is 11.3. The average Bonchev–Trinajstić information content (AvgIpc) is 3.24. The van der Waals surface area contributed by atoms with Gasteiger partial charge in [-0.2, -0.15) is 0 Å². The molecule has 0 aliphatic heterocycles. The number of Topliss-reactive ketones (excluding diaryl/α,β-unsaturated/α-hetero) is 1. The number of anilines is 1. The van der Waals surface area contributed by atoms with Crippen LogP contribution in [0.1, 0.15) is 67.3 Å². The molecule has 6 heteroatoms. The highest BCUT2D eigenvalue weighted by Gasteiger charge is 2.26. The average molecular weight is 498 g/mol. The van der Waals surface area contributed by atoms with Gasteiger partial charge in [-0.25, -0.2) is 9.97 Å². The van der Waals surface area contributed by atoms with Crippen LogP contribution in [0, 0.1) is 5.41 Å². The highest BCUT2D eigenvalue weighted by atomic mass is 16.1. The van der Waals surface area contributed by atoms with E-state index in [1.54, 1.807) is 0 Å². The molecule has 1 N–H and O–H groups in total. The van der Waals surface area contributed by atoms with Crippen molar-refractivity contribution in [1.82, 2.24) is 19.8 Å². The smallest absolute Gasteiger partial charge is 0.227 e. The first-order valence-electron chi connectivity index (χ1n) is 13.2. The number of hydrogen-bond donors (Lipinski definition) is 1. The molecule has 3 aliphatic rings. The van der Waals surface area contributed by atoms with Crippen molar-refractivity contribution in [2.24, 2.45) is 5.41 Å². The van der Waals surface area contributed by atoms with Crippen molar-refractivity contribution in [3.8, 4) is 0 Å². The minimum atomic E-state index is -0.127. The van der Waals surface area contributed by atoms with Crippen LogP contribution in [0.3, 0.4) is 0 Å². The number of hydrogen-bond acceptors (Lipinski definition) is 6. The highest BCUT2D eigenvalue weighted by Crippen LogP contribution is 2.36. The van der Waals surface area contributed by atoms with Crippen LogP contribution in [0.15, 0.2) is 60.1 Å². The Bertz CT molecular complexity index is 1350. The Hall–Kier alpha value is -3.51. The number of ketones is 1. The summed E-state index contributed by atoms with van der Waals surface area (Å²) in [6.07, 6.45) is 16.2. The van der Waals surface area contributed by atoms with Crippen molar-refractivity contribution in [3.05, 3.63) is 88.0 Å². The third-order valence-electron chi connectivity index (χ3n) is 7.37. The topological polar surface area (TPSA) is 61.4 Å². The number of nitrogens with one attached hydrogen (secondary N) is 1. The van der Waals surface area contributed by atoms with Crippen LogP contribution in [-0.4, -0.2) is 59.8 Å². The van der Waals surface area contributed by atoms with Crippen LogP contribution in [-0.2, 0) is 6.42 Å². The number of fused-ring (bicyclic) bond motifs is 2. The van der Waals surface area contributed by atoms with Gasteiger partial charge in [0.2, 0.25) is 5.95 Å². The number of nitrogens with zero attached hydrogens (tertiary/aromatic N) is 4. The highest BCUT2D eigenvalue weighted by molar-refractivity contribution is 6.01. The zero-order valence-electron chi connectivity index (χ0n) is 22.6. The molecule has 5 rings (SSSR count). The Kier molecular flexibility index (Phi) is 6.86. The SMILES string of the molecule is CN(C)CCN(C)C1=CC(Nc2ncc3c(n2)CC=C3c2ccc3c(c2)C=CC(C)(C)CC3=O)=CCC1.[HH]. The summed E-state index contributed by atoms with van der Waals surface area (Å²) in [5.41, 5.74) is 8.37. The molecule has 37 heavy (non-hydrogen) atoms. The Morgan fingerprint density at radius 1 is 1.11 bits per heavy atom. The zero-order chi connectivity index (χ0) is 26.2. The quantitative estimate of drug-likeness (QED) is 0.521. The van der Waals surface area contributed by atoms with Crippen LogP contribution in [0.25, 0.3) is 11.6 Å². The van der Waals surface area contributed by atoms with E-state index in [0.717, 1.165) is 71.6 Å².